The minimum absolute atomic E-state index is 0.0785. The average molecular weight is 454 g/mol. The zero-order valence-corrected chi connectivity index (χ0v) is 18.6. The first kappa shape index (κ1) is 22.8. The molecule has 1 aliphatic rings. The molecule has 3 aromatic rings. The molecule has 1 amide bonds. The molecule has 1 aromatic heterocycles. The number of hydrogen-bond donors (Lipinski definition) is 2. The Morgan fingerprint density at radius 3 is 2.82 bits per heavy atom. The Kier molecular flexibility index (Phi) is 7.06. The lowest BCUT2D eigenvalue weighted by Gasteiger charge is -2.30. The number of benzene rings is 2. The molecule has 0 unspecified atom stereocenters. The van der Waals surface area contributed by atoms with Gasteiger partial charge in [0.15, 0.2) is 0 Å². The van der Waals surface area contributed by atoms with Gasteiger partial charge in [0.25, 0.3) is 0 Å². The number of carbonyl (C=O) groups is 1. The van der Waals surface area contributed by atoms with Crippen LogP contribution < -0.4 is 10.1 Å². The van der Waals surface area contributed by atoms with Gasteiger partial charge in [0.05, 0.1) is 23.9 Å². The molecule has 1 atom stereocenters. The number of piperidine rings is 1. The molecule has 2 aromatic carbocycles. The highest BCUT2D eigenvalue weighted by Gasteiger charge is 2.27. The largest absolute Gasteiger partial charge is 0.457 e. The third-order valence-corrected chi connectivity index (χ3v) is 5.71. The summed E-state index contributed by atoms with van der Waals surface area (Å²) in [5.41, 5.74) is 1.49. The monoisotopic (exact) mass is 453 g/mol. The highest BCUT2D eigenvalue weighted by Crippen LogP contribution is 2.25. The maximum Gasteiger partial charge on any atom is 0.246 e. The topological polar surface area (TPSA) is 120 Å². The number of amides is 1. The molecular formula is C26H25N6O2+. The van der Waals surface area contributed by atoms with Crippen LogP contribution in [0.1, 0.15) is 29.5 Å². The number of ether oxygens (including phenoxy) is 1. The van der Waals surface area contributed by atoms with Gasteiger partial charge in [-0.15, -0.1) is 0 Å². The van der Waals surface area contributed by atoms with E-state index in [1.807, 2.05) is 35.6 Å². The van der Waals surface area contributed by atoms with Crippen LogP contribution in [0.15, 0.2) is 73.7 Å². The molecule has 3 N–H and O–H groups in total. The van der Waals surface area contributed by atoms with Crippen LogP contribution in [0.5, 0.6) is 11.5 Å². The average Bonchev–Trinajstić information content (AvgIpc) is 2.89. The minimum atomic E-state index is -0.0785. The standard InChI is InChI=1S/C26H24N6O2/c1-2-24(33)32-12-6-7-19(16-32)31-26-23(15-29-17-30-26)25(28)22-11-10-21(13-18(22)14-27)34-20-8-4-3-5-9-20/h2-5,8-11,13,15,17,19,28H,1,6-7,12,16H2,(H,29,30,31)/p+1/t19-/m1/s1. The van der Waals surface area contributed by atoms with Gasteiger partial charge in [-0.3, -0.25) is 15.5 Å². The van der Waals surface area contributed by atoms with Crippen molar-refractivity contribution in [1.29, 1.82) is 10.7 Å². The van der Waals surface area contributed by atoms with E-state index < -0.39 is 0 Å². The number of nitrogens with zero attached hydrogens (tertiary/aromatic N) is 4. The Bertz CT molecular complexity index is 1250. The molecule has 1 aliphatic heterocycles. The van der Waals surface area contributed by atoms with Crippen molar-refractivity contribution < 1.29 is 14.8 Å². The minimum Gasteiger partial charge on any atom is -0.457 e. The van der Waals surface area contributed by atoms with Crippen LogP contribution in [0, 0.1) is 16.7 Å². The Labute approximate surface area is 198 Å². The fourth-order valence-electron chi connectivity index (χ4n) is 4.03. The summed E-state index contributed by atoms with van der Waals surface area (Å²) in [5.74, 6) is 1.72. The SMILES string of the molecule is C=CC(=O)N1CCC[C@@H]([NH2+]c2ncncc2C(=N)c2ccc(Oc3ccccc3)cc2C#N)C1. The zero-order valence-electron chi connectivity index (χ0n) is 18.6. The summed E-state index contributed by atoms with van der Waals surface area (Å²) >= 11 is 0. The molecule has 8 heteroatoms. The summed E-state index contributed by atoms with van der Waals surface area (Å²) in [6.07, 6.45) is 6.18. The molecule has 8 nitrogen and oxygen atoms in total. The number of likely N-dealkylation sites (tertiary alicyclic amines) is 1. The van der Waals surface area contributed by atoms with E-state index in [-0.39, 0.29) is 17.7 Å². The van der Waals surface area contributed by atoms with Crippen molar-refractivity contribution in [3.63, 3.8) is 0 Å². The number of nitrogens with one attached hydrogen (secondary N) is 1. The van der Waals surface area contributed by atoms with Gasteiger partial charge in [0.2, 0.25) is 11.7 Å². The molecule has 170 valence electrons. The Morgan fingerprint density at radius 2 is 2.06 bits per heavy atom. The summed E-state index contributed by atoms with van der Waals surface area (Å²) < 4.78 is 5.83. The lowest BCUT2D eigenvalue weighted by molar-refractivity contribution is -0.616. The van der Waals surface area contributed by atoms with E-state index >= 15 is 0 Å². The summed E-state index contributed by atoms with van der Waals surface area (Å²) in [4.78, 5) is 22.3. The van der Waals surface area contributed by atoms with Crippen molar-refractivity contribution in [2.45, 2.75) is 18.9 Å². The number of rotatable bonds is 7. The maximum atomic E-state index is 12.0. The second-order valence-electron chi connectivity index (χ2n) is 7.99. The molecule has 34 heavy (non-hydrogen) atoms. The van der Waals surface area contributed by atoms with Gasteiger partial charge < -0.3 is 9.64 Å². The van der Waals surface area contributed by atoms with Crippen LogP contribution in [0.4, 0.5) is 5.82 Å². The fraction of sp³-hybridized carbons (Fsp3) is 0.192. The van der Waals surface area contributed by atoms with Crippen LogP contribution >= 0.6 is 0 Å². The predicted octanol–water partition coefficient (Wildman–Crippen LogP) is 2.93. The fourth-order valence-corrected chi connectivity index (χ4v) is 4.03. The van der Waals surface area contributed by atoms with Crippen LogP contribution in [0.25, 0.3) is 0 Å². The van der Waals surface area contributed by atoms with Crippen molar-refractivity contribution in [1.82, 2.24) is 14.9 Å². The third kappa shape index (κ3) is 5.17. The van der Waals surface area contributed by atoms with Gasteiger partial charge in [-0.1, -0.05) is 24.8 Å². The second-order valence-corrected chi connectivity index (χ2v) is 7.99. The summed E-state index contributed by atoms with van der Waals surface area (Å²) in [5, 5.41) is 20.6. The van der Waals surface area contributed by atoms with Crippen molar-refractivity contribution in [2.24, 2.45) is 0 Å². The molecule has 1 saturated heterocycles. The van der Waals surface area contributed by atoms with Crippen LogP contribution in [0.2, 0.25) is 0 Å². The molecular weight excluding hydrogens is 428 g/mol. The number of quaternary nitrogens is 1. The molecule has 0 saturated carbocycles. The van der Waals surface area contributed by atoms with E-state index in [9.17, 15) is 10.1 Å². The van der Waals surface area contributed by atoms with Crippen LogP contribution in [0.3, 0.4) is 0 Å². The van der Waals surface area contributed by atoms with Gasteiger partial charge in [-0.25, -0.2) is 4.98 Å². The van der Waals surface area contributed by atoms with Gasteiger partial charge in [-0.05, 0) is 42.8 Å². The molecule has 4 rings (SSSR count). The zero-order chi connectivity index (χ0) is 23.9. The highest BCUT2D eigenvalue weighted by molar-refractivity contribution is 6.14. The van der Waals surface area contributed by atoms with Crippen molar-refractivity contribution in [2.75, 3.05) is 13.1 Å². The van der Waals surface area contributed by atoms with E-state index in [0.29, 0.717) is 47.1 Å². The van der Waals surface area contributed by atoms with Crippen molar-refractivity contribution >= 4 is 17.4 Å². The van der Waals surface area contributed by atoms with E-state index in [4.69, 9.17) is 10.1 Å². The lowest BCUT2D eigenvalue weighted by Crippen LogP contribution is -2.88. The quantitative estimate of drug-likeness (QED) is 0.421. The van der Waals surface area contributed by atoms with Crippen LogP contribution in [-0.4, -0.2) is 45.6 Å². The Balaban J connectivity index is 1.56. The van der Waals surface area contributed by atoms with Gasteiger partial charge >= 0.3 is 0 Å². The number of carbonyl (C=O) groups excluding carboxylic acids is 1. The number of nitriles is 1. The summed E-state index contributed by atoms with van der Waals surface area (Å²) in [6.45, 7) is 4.87. The lowest BCUT2D eigenvalue weighted by atomic mass is 9.98. The first-order valence-electron chi connectivity index (χ1n) is 11.0. The van der Waals surface area contributed by atoms with Gasteiger partial charge in [0.1, 0.15) is 29.4 Å². The Morgan fingerprint density at radius 1 is 1.24 bits per heavy atom. The van der Waals surface area contributed by atoms with E-state index in [2.05, 4.69) is 22.6 Å². The predicted molar refractivity (Wildman–Crippen MR) is 127 cm³/mol. The first-order chi connectivity index (χ1) is 16.6. The number of aromatic nitrogens is 2. The summed E-state index contributed by atoms with van der Waals surface area (Å²) in [7, 11) is 0. The number of para-hydroxylation sites is 1. The van der Waals surface area contributed by atoms with Gasteiger partial charge in [-0.2, -0.15) is 10.2 Å². The third-order valence-electron chi connectivity index (χ3n) is 5.71. The van der Waals surface area contributed by atoms with E-state index in [1.54, 1.807) is 29.3 Å². The normalized spacial score (nSPS) is 15.3. The summed E-state index contributed by atoms with van der Waals surface area (Å²) in [6, 6.07) is 16.7. The number of nitrogens with two attached hydrogens (primary N) is 1. The molecule has 2 heterocycles. The molecule has 1 fully saturated rings. The first-order valence-corrected chi connectivity index (χ1v) is 11.0. The highest BCUT2D eigenvalue weighted by atomic mass is 16.5. The van der Waals surface area contributed by atoms with Crippen molar-refractivity contribution in [3.8, 4) is 17.6 Å². The van der Waals surface area contributed by atoms with E-state index in [0.717, 1.165) is 12.8 Å². The van der Waals surface area contributed by atoms with Crippen molar-refractivity contribution in [3.05, 3.63) is 90.4 Å². The molecule has 0 radical (unpaired) electrons. The Hall–Kier alpha value is -4.35. The van der Waals surface area contributed by atoms with E-state index in [1.165, 1.54) is 12.4 Å². The smallest absolute Gasteiger partial charge is 0.246 e. The maximum absolute atomic E-state index is 12.0. The molecule has 0 spiro atoms. The second kappa shape index (κ2) is 10.5. The van der Waals surface area contributed by atoms with Crippen LogP contribution in [-0.2, 0) is 4.79 Å². The van der Waals surface area contributed by atoms with Gasteiger partial charge in [0, 0.05) is 24.7 Å². The number of hydrogen-bond acceptors (Lipinski definition) is 6. The molecule has 0 aliphatic carbocycles. The molecule has 0 bridgehead atoms.